The van der Waals surface area contributed by atoms with Crippen LogP contribution in [0.1, 0.15) is 5.56 Å². The molecule has 0 aliphatic rings. The fourth-order valence-corrected chi connectivity index (χ4v) is 1.99. The van der Waals surface area contributed by atoms with Crippen molar-refractivity contribution in [3.63, 3.8) is 0 Å². The van der Waals surface area contributed by atoms with Crippen molar-refractivity contribution >= 4 is 27.3 Å². The van der Waals surface area contributed by atoms with Crippen molar-refractivity contribution in [2.75, 3.05) is 5.32 Å². The molecule has 0 radical (unpaired) electrons. The molecule has 7 heteroatoms. The number of nitro groups is 1. The predicted molar refractivity (Wildman–Crippen MR) is 74.5 cm³/mol. The molecule has 4 nitrogen and oxygen atoms in total. The van der Waals surface area contributed by atoms with Crippen molar-refractivity contribution in [3.8, 4) is 0 Å². The summed E-state index contributed by atoms with van der Waals surface area (Å²) in [6, 6.07) is 8.09. The van der Waals surface area contributed by atoms with Crippen LogP contribution in [0.15, 0.2) is 40.9 Å². The summed E-state index contributed by atoms with van der Waals surface area (Å²) < 4.78 is 26.9. The van der Waals surface area contributed by atoms with Gasteiger partial charge in [-0.1, -0.05) is 18.2 Å². The van der Waals surface area contributed by atoms with Gasteiger partial charge in [0.1, 0.15) is 17.3 Å². The van der Waals surface area contributed by atoms with Crippen LogP contribution >= 0.6 is 15.9 Å². The standard InChI is InChI=1S/C13H9BrF2N2O2/c14-9-5-13(18(19)20)12(6-11(9)16)17-7-8-3-1-2-4-10(8)15/h1-6,17H,7H2. The van der Waals surface area contributed by atoms with Crippen LogP contribution < -0.4 is 5.32 Å². The predicted octanol–water partition coefficient (Wildman–Crippen LogP) is 4.25. The van der Waals surface area contributed by atoms with Crippen molar-refractivity contribution in [1.29, 1.82) is 0 Å². The monoisotopic (exact) mass is 342 g/mol. The quantitative estimate of drug-likeness (QED) is 0.667. The third-order valence-electron chi connectivity index (χ3n) is 2.66. The van der Waals surface area contributed by atoms with Gasteiger partial charge in [0.25, 0.3) is 5.69 Å². The van der Waals surface area contributed by atoms with Crippen molar-refractivity contribution < 1.29 is 13.7 Å². The van der Waals surface area contributed by atoms with Gasteiger partial charge < -0.3 is 5.32 Å². The summed E-state index contributed by atoms with van der Waals surface area (Å²) in [4.78, 5) is 10.3. The summed E-state index contributed by atoms with van der Waals surface area (Å²) in [6.45, 7) is 0.0224. The number of halogens is 3. The lowest BCUT2D eigenvalue weighted by Gasteiger charge is -2.09. The molecule has 0 aliphatic carbocycles. The van der Waals surface area contributed by atoms with Crippen LogP contribution in [-0.2, 0) is 6.54 Å². The van der Waals surface area contributed by atoms with Gasteiger partial charge in [0, 0.05) is 24.2 Å². The lowest BCUT2D eigenvalue weighted by atomic mass is 10.2. The third kappa shape index (κ3) is 3.11. The van der Waals surface area contributed by atoms with Crippen LogP contribution in [0.4, 0.5) is 20.2 Å². The summed E-state index contributed by atoms with van der Waals surface area (Å²) >= 11 is 2.89. The minimum atomic E-state index is -0.633. The van der Waals surface area contributed by atoms with Gasteiger partial charge in [-0.2, -0.15) is 0 Å². The normalized spacial score (nSPS) is 10.3. The first-order chi connectivity index (χ1) is 9.49. The average Bonchev–Trinajstić information content (AvgIpc) is 2.41. The molecule has 0 unspecified atom stereocenters. The van der Waals surface area contributed by atoms with Crippen LogP contribution in [0.5, 0.6) is 0 Å². The summed E-state index contributed by atoms with van der Waals surface area (Å²) in [5.41, 5.74) is 0.0543. The Hall–Kier alpha value is -2.02. The minimum Gasteiger partial charge on any atom is -0.375 e. The van der Waals surface area contributed by atoms with Gasteiger partial charge in [-0.3, -0.25) is 10.1 Å². The van der Waals surface area contributed by atoms with E-state index in [0.717, 1.165) is 12.1 Å². The largest absolute Gasteiger partial charge is 0.375 e. The lowest BCUT2D eigenvalue weighted by Crippen LogP contribution is -2.05. The molecule has 2 aromatic carbocycles. The molecule has 2 rings (SSSR count). The molecule has 20 heavy (non-hydrogen) atoms. The molecule has 104 valence electrons. The molecule has 0 aromatic heterocycles. The molecule has 0 heterocycles. The number of hydrogen-bond donors (Lipinski definition) is 1. The van der Waals surface area contributed by atoms with Crippen molar-refractivity contribution in [1.82, 2.24) is 0 Å². The van der Waals surface area contributed by atoms with Gasteiger partial charge in [0.15, 0.2) is 0 Å². The van der Waals surface area contributed by atoms with E-state index in [-0.39, 0.29) is 22.4 Å². The molecule has 0 bridgehead atoms. The highest BCUT2D eigenvalue weighted by atomic mass is 79.9. The maximum absolute atomic E-state index is 13.4. The fraction of sp³-hybridized carbons (Fsp3) is 0.0769. The Morgan fingerprint density at radius 1 is 1.20 bits per heavy atom. The zero-order valence-electron chi connectivity index (χ0n) is 10.1. The van der Waals surface area contributed by atoms with E-state index in [9.17, 15) is 18.9 Å². The second-order valence-corrected chi connectivity index (χ2v) is 4.84. The second kappa shape index (κ2) is 5.96. The van der Waals surface area contributed by atoms with Crippen LogP contribution in [0.2, 0.25) is 0 Å². The lowest BCUT2D eigenvalue weighted by molar-refractivity contribution is -0.384. The molecule has 0 fully saturated rings. The van der Waals surface area contributed by atoms with Crippen molar-refractivity contribution in [3.05, 3.63) is 68.2 Å². The Labute approximate surface area is 121 Å². The maximum atomic E-state index is 13.4. The minimum absolute atomic E-state index is 0.000594. The molecular weight excluding hydrogens is 334 g/mol. The number of nitrogens with one attached hydrogen (secondary N) is 1. The highest BCUT2D eigenvalue weighted by Gasteiger charge is 2.17. The fourth-order valence-electron chi connectivity index (χ4n) is 1.66. The van der Waals surface area contributed by atoms with E-state index in [1.54, 1.807) is 18.2 Å². The van der Waals surface area contributed by atoms with Crippen LogP contribution in [0, 0.1) is 21.7 Å². The van der Waals surface area contributed by atoms with E-state index in [1.807, 2.05) is 0 Å². The van der Waals surface area contributed by atoms with Crippen LogP contribution in [0.3, 0.4) is 0 Å². The number of rotatable bonds is 4. The van der Waals surface area contributed by atoms with E-state index >= 15 is 0 Å². The molecule has 0 atom stereocenters. The second-order valence-electron chi connectivity index (χ2n) is 3.99. The molecule has 0 saturated heterocycles. The first-order valence-electron chi connectivity index (χ1n) is 5.59. The Bertz CT molecular complexity index is 665. The number of anilines is 1. The van der Waals surface area contributed by atoms with E-state index < -0.39 is 16.6 Å². The van der Waals surface area contributed by atoms with Gasteiger partial charge in [0.2, 0.25) is 0 Å². The smallest absolute Gasteiger partial charge is 0.293 e. The summed E-state index contributed by atoms with van der Waals surface area (Å²) in [5.74, 6) is -1.06. The molecule has 2 aromatic rings. The molecule has 0 amide bonds. The third-order valence-corrected chi connectivity index (χ3v) is 3.27. The SMILES string of the molecule is O=[N+]([O-])c1cc(Br)c(F)cc1NCc1ccccc1F. The van der Waals surface area contributed by atoms with Crippen molar-refractivity contribution in [2.45, 2.75) is 6.54 Å². The van der Waals surface area contributed by atoms with Gasteiger partial charge in [-0.25, -0.2) is 8.78 Å². The summed E-state index contributed by atoms with van der Waals surface area (Å²) in [5, 5.41) is 13.6. The van der Waals surface area contributed by atoms with Gasteiger partial charge >= 0.3 is 0 Å². The Balaban J connectivity index is 2.27. The van der Waals surface area contributed by atoms with Gasteiger partial charge in [0.05, 0.1) is 9.40 Å². The van der Waals surface area contributed by atoms with E-state index in [4.69, 9.17) is 0 Å². The molecular formula is C13H9BrF2N2O2. The van der Waals surface area contributed by atoms with Gasteiger partial charge in [-0.05, 0) is 22.0 Å². The molecule has 1 N–H and O–H groups in total. The molecule has 0 aliphatic heterocycles. The highest BCUT2D eigenvalue weighted by molar-refractivity contribution is 9.10. The number of hydrogen-bond acceptors (Lipinski definition) is 3. The average molecular weight is 343 g/mol. The zero-order valence-corrected chi connectivity index (χ0v) is 11.7. The zero-order chi connectivity index (χ0) is 14.7. The van der Waals surface area contributed by atoms with E-state index in [0.29, 0.717) is 5.56 Å². The maximum Gasteiger partial charge on any atom is 0.293 e. The number of benzene rings is 2. The van der Waals surface area contributed by atoms with E-state index in [2.05, 4.69) is 21.2 Å². The topological polar surface area (TPSA) is 55.2 Å². The Morgan fingerprint density at radius 3 is 2.55 bits per heavy atom. The first kappa shape index (κ1) is 14.4. The van der Waals surface area contributed by atoms with E-state index in [1.165, 1.54) is 6.07 Å². The van der Waals surface area contributed by atoms with Crippen molar-refractivity contribution in [2.24, 2.45) is 0 Å². The molecule has 0 spiro atoms. The molecule has 0 saturated carbocycles. The summed E-state index contributed by atoms with van der Waals surface area (Å²) in [6.07, 6.45) is 0. The summed E-state index contributed by atoms with van der Waals surface area (Å²) in [7, 11) is 0. The Morgan fingerprint density at radius 2 is 1.90 bits per heavy atom. The highest BCUT2D eigenvalue weighted by Crippen LogP contribution is 2.31. The number of nitrogens with zero attached hydrogens (tertiary/aromatic N) is 1. The Kier molecular flexibility index (Phi) is 4.29. The first-order valence-corrected chi connectivity index (χ1v) is 6.39. The van der Waals surface area contributed by atoms with Crippen LogP contribution in [-0.4, -0.2) is 4.92 Å². The number of nitro benzene ring substituents is 1. The van der Waals surface area contributed by atoms with Crippen LogP contribution in [0.25, 0.3) is 0 Å². The van der Waals surface area contributed by atoms with Gasteiger partial charge in [-0.15, -0.1) is 0 Å².